The van der Waals surface area contributed by atoms with E-state index in [1.165, 1.54) is 54.3 Å². The van der Waals surface area contributed by atoms with E-state index in [2.05, 4.69) is 15.0 Å². The molecule has 11 heteroatoms. The predicted molar refractivity (Wildman–Crippen MR) is 121 cm³/mol. The van der Waals surface area contributed by atoms with E-state index in [1.807, 2.05) is 6.07 Å². The van der Waals surface area contributed by atoms with Crippen LogP contribution >= 0.6 is 11.3 Å². The molecule has 1 unspecified atom stereocenters. The number of thiazole rings is 1. The fourth-order valence-electron chi connectivity index (χ4n) is 3.64. The van der Waals surface area contributed by atoms with Gasteiger partial charge in [0.05, 0.1) is 17.9 Å². The molecule has 176 valence electrons. The van der Waals surface area contributed by atoms with E-state index in [1.54, 1.807) is 29.6 Å². The summed E-state index contributed by atoms with van der Waals surface area (Å²) in [6.07, 6.45) is 0. The zero-order valence-electron chi connectivity index (χ0n) is 18.2. The third-order valence-corrected chi connectivity index (χ3v) is 6.19. The Morgan fingerprint density at radius 1 is 1.18 bits per heavy atom. The second kappa shape index (κ2) is 9.18. The summed E-state index contributed by atoms with van der Waals surface area (Å²) in [6.45, 7) is -0.0952. The summed E-state index contributed by atoms with van der Waals surface area (Å²) in [7, 11) is 0. The number of urea groups is 1. The van der Waals surface area contributed by atoms with Crippen molar-refractivity contribution in [1.29, 1.82) is 0 Å². The Morgan fingerprint density at radius 2 is 1.85 bits per heavy atom. The highest BCUT2D eigenvalue weighted by Gasteiger charge is 2.49. The number of para-hydroxylation sites is 1. The molecule has 1 fully saturated rings. The zero-order valence-corrected chi connectivity index (χ0v) is 19.0. The van der Waals surface area contributed by atoms with Crippen LogP contribution in [0, 0.1) is 0 Å². The lowest BCUT2D eigenvalue weighted by Crippen LogP contribution is -2.40. The third kappa shape index (κ3) is 4.46. The number of amides is 4. The van der Waals surface area contributed by atoms with E-state index in [0.29, 0.717) is 22.1 Å². The average molecular weight is 487 g/mol. The maximum atomic E-state index is 13.2. The van der Waals surface area contributed by atoms with Crippen molar-refractivity contribution in [2.24, 2.45) is 0 Å². The predicted octanol–water partition coefficient (Wildman–Crippen LogP) is 4.40. The number of nitrogens with zero attached hydrogens (tertiary/aromatic N) is 3. The lowest BCUT2D eigenvalue weighted by Gasteiger charge is -2.22. The van der Waals surface area contributed by atoms with Gasteiger partial charge in [0.15, 0.2) is 5.13 Å². The minimum Gasteiger partial charge on any atom is -0.435 e. The Hall–Kier alpha value is -3.86. The van der Waals surface area contributed by atoms with Gasteiger partial charge in [-0.05, 0) is 36.8 Å². The molecule has 4 rings (SSSR count). The number of anilines is 2. The number of imide groups is 1. The minimum absolute atomic E-state index is 0.0561. The molecule has 34 heavy (non-hydrogen) atoms. The van der Waals surface area contributed by atoms with E-state index in [0.717, 1.165) is 4.90 Å². The number of alkyl halides is 2. The van der Waals surface area contributed by atoms with Crippen LogP contribution in [0.3, 0.4) is 0 Å². The van der Waals surface area contributed by atoms with Crippen molar-refractivity contribution in [3.8, 4) is 5.75 Å². The summed E-state index contributed by atoms with van der Waals surface area (Å²) < 4.78 is 29.1. The van der Waals surface area contributed by atoms with Gasteiger partial charge >= 0.3 is 12.6 Å². The lowest BCUT2D eigenvalue weighted by molar-refractivity contribution is -0.131. The molecule has 1 aliphatic rings. The summed E-state index contributed by atoms with van der Waals surface area (Å²) in [5, 5.41) is 4.76. The molecule has 1 aliphatic heterocycles. The van der Waals surface area contributed by atoms with E-state index in [4.69, 9.17) is 0 Å². The number of carbonyl (C=O) groups excluding carboxylic acids is 3. The highest BCUT2D eigenvalue weighted by molar-refractivity contribution is 7.14. The van der Waals surface area contributed by atoms with Crippen LogP contribution in [0.1, 0.15) is 25.1 Å². The van der Waals surface area contributed by atoms with Gasteiger partial charge in [0, 0.05) is 12.3 Å². The van der Waals surface area contributed by atoms with Gasteiger partial charge in [0.2, 0.25) is 5.91 Å². The second-order valence-corrected chi connectivity index (χ2v) is 8.50. The highest BCUT2D eigenvalue weighted by Crippen LogP contribution is 2.33. The van der Waals surface area contributed by atoms with Gasteiger partial charge in [-0.25, -0.2) is 9.78 Å². The van der Waals surface area contributed by atoms with Gasteiger partial charge in [0.1, 0.15) is 11.3 Å². The van der Waals surface area contributed by atoms with Crippen LogP contribution in [-0.4, -0.2) is 34.3 Å². The normalized spacial score (nSPS) is 17.7. The molecule has 0 radical (unpaired) electrons. The average Bonchev–Trinajstić information content (AvgIpc) is 3.33. The Bertz CT molecular complexity index is 1220. The zero-order chi connectivity index (χ0) is 24.5. The number of nitrogens with one attached hydrogen (secondary N) is 1. The maximum absolute atomic E-state index is 13.2. The number of halogens is 2. The van der Waals surface area contributed by atoms with Crippen molar-refractivity contribution in [3.63, 3.8) is 0 Å². The van der Waals surface area contributed by atoms with E-state index in [9.17, 15) is 23.2 Å². The minimum atomic E-state index is -2.96. The maximum Gasteiger partial charge on any atom is 0.387 e. The first-order chi connectivity index (χ1) is 16.2. The third-order valence-electron chi connectivity index (χ3n) is 5.31. The molecule has 0 aliphatic carbocycles. The molecule has 3 aromatic rings. The number of carbonyl (C=O) groups is 3. The van der Waals surface area contributed by atoms with Crippen LogP contribution in [0.4, 0.5) is 24.4 Å². The molecular weight excluding hydrogens is 466 g/mol. The van der Waals surface area contributed by atoms with Crippen molar-refractivity contribution in [2.45, 2.75) is 32.5 Å². The molecule has 1 N–H and O–H groups in total. The van der Waals surface area contributed by atoms with Crippen LogP contribution in [0.5, 0.6) is 5.75 Å². The van der Waals surface area contributed by atoms with Crippen molar-refractivity contribution in [2.75, 3.05) is 4.90 Å². The van der Waals surface area contributed by atoms with Gasteiger partial charge in [-0.3, -0.25) is 19.4 Å². The smallest absolute Gasteiger partial charge is 0.387 e. The molecule has 4 amide bonds. The number of hydrogen-bond acceptors (Lipinski definition) is 6. The van der Waals surface area contributed by atoms with Gasteiger partial charge in [-0.1, -0.05) is 30.3 Å². The molecule has 0 spiro atoms. The Kier molecular flexibility index (Phi) is 6.29. The van der Waals surface area contributed by atoms with E-state index >= 15 is 0 Å². The summed E-state index contributed by atoms with van der Waals surface area (Å²) in [5.74, 6) is -0.797. The van der Waals surface area contributed by atoms with E-state index < -0.39 is 24.1 Å². The monoisotopic (exact) mass is 486 g/mol. The second-order valence-electron chi connectivity index (χ2n) is 7.66. The number of rotatable bonds is 7. The van der Waals surface area contributed by atoms with Crippen molar-refractivity contribution >= 4 is 40.0 Å². The SMILES string of the molecule is CC(=O)N(c1ccccc1)c1nc(CN2C(=O)NC(C)(c3ccc(OC(F)F)cc3)C2=O)cs1. The van der Waals surface area contributed by atoms with Crippen LogP contribution in [0.25, 0.3) is 0 Å². The van der Waals surface area contributed by atoms with Crippen LogP contribution < -0.4 is 15.0 Å². The van der Waals surface area contributed by atoms with Crippen LogP contribution in [0.2, 0.25) is 0 Å². The molecule has 2 aromatic carbocycles. The fraction of sp³-hybridized carbons (Fsp3) is 0.217. The highest BCUT2D eigenvalue weighted by atomic mass is 32.1. The molecular formula is C23H20F2N4O4S. The molecule has 2 heterocycles. The largest absolute Gasteiger partial charge is 0.435 e. The van der Waals surface area contributed by atoms with Crippen LogP contribution in [-0.2, 0) is 21.7 Å². The fourth-order valence-corrected chi connectivity index (χ4v) is 4.52. The number of ether oxygens (including phenoxy) is 1. The summed E-state index contributed by atoms with van der Waals surface area (Å²) in [5.41, 5.74) is 0.128. The topological polar surface area (TPSA) is 91.8 Å². The number of benzene rings is 2. The number of aromatic nitrogens is 1. The molecule has 0 bridgehead atoms. The summed E-state index contributed by atoms with van der Waals surface area (Å²) >= 11 is 1.22. The van der Waals surface area contributed by atoms with Crippen molar-refractivity contribution < 1.29 is 27.9 Å². The number of hydrogen-bond donors (Lipinski definition) is 1. The van der Waals surface area contributed by atoms with Gasteiger partial charge < -0.3 is 10.1 Å². The molecule has 1 atom stereocenters. The van der Waals surface area contributed by atoms with Gasteiger partial charge in [-0.2, -0.15) is 8.78 Å². The Balaban J connectivity index is 1.53. The summed E-state index contributed by atoms with van der Waals surface area (Å²) in [4.78, 5) is 45.0. The molecule has 8 nitrogen and oxygen atoms in total. The lowest BCUT2D eigenvalue weighted by atomic mass is 9.92. The molecule has 0 saturated carbocycles. The Morgan fingerprint density at radius 3 is 2.47 bits per heavy atom. The Labute approximate surface area is 197 Å². The van der Waals surface area contributed by atoms with Crippen molar-refractivity contribution in [1.82, 2.24) is 15.2 Å². The molecule has 1 saturated heterocycles. The first kappa shape index (κ1) is 23.3. The van der Waals surface area contributed by atoms with Gasteiger partial charge in [0.25, 0.3) is 5.91 Å². The van der Waals surface area contributed by atoms with E-state index in [-0.39, 0.29) is 18.2 Å². The first-order valence-electron chi connectivity index (χ1n) is 10.2. The van der Waals surface area contributed by atoms with Gasteiger partial charge in [-0.15, -0.1) is 11.3 Å². The standard InChI is InChI=1S/C23H20F2N4O4S/c1-14(30)29(17-6-4-3-5-7-17)22-26-16(13-34-22)12-28-19(31)23(2,27-21(28)32)15-8-10-18(11-9-15)33-20(24)25/h3-11,13,20H,12H2,1-2H3,(H,27,32). The first-order valence-corrected chi connectivity index (χ1v) is 11.1. The summed E-state index contributed by atoms with van der Waals surface area (Å²) in [6, 6.07) is 13.9. The van der Waals surface area contributed by atoms with Crippen LogP contribution in [0.15, 0.2) is 60.0 Å². The quantitative estimate of drug-likeness (QED) is 0.500. The van der Waals surface area contributed by atoms with Crippen molar-refractivity contribution in [3.05, 3.63) is 71.2 Å². The molecule has 1 aromatic heterocycles.